The Bertz CT molecular complexity index is 916. The van der Waals surface area contributed by atoms with E-state index in [0.29, 0.717) is 10.0 Å². The van der Waals surface area contributed by atoms with E-state index >= 15 is 0 Å². The first kappa shape index (κ1) is 18.5. The third kappa shape index (κ3) is 4.11. The average molecular weight is 388 g/mol. The first-order valence-corrected chi connectivity index (χ1v) is 10.2. The Hall–Kier alpha value is -2.25. The van der Waals surface area contributed by atoms with Gasteiger partial charge in [0, 0.05) is 0 Å². The van der Waals surface area contributed by atoms with Gasteiger partial charge in [-0.05, 0) is 41.5 Å². The van der Waals surface area contributed by atoms with Crippen molar-refractivity contribution in [2.75, 3.05) is 5.32 Å². The molecule has 2 aromatic heterocycles. The highest BCUT2D eigenvalue weighted by Gasteiger charge is 2.25. The fourth-order valence-corrected chi connectivity index (χ4v) is 4.14. The number of rotatable bonds is 6. The molecule has 2 N–H and O–H groups in total. The van der Waals surface area contributed by atoms with Gasteiger partial charge in [0.05, 0.1) is 15.1 Å². The Morgan fingerprint density at radius 2 is 2.04 bits per heavy atom. The van der Waals surface area contributed by atoms with E-state index in [9.17, 15) is 9.59 Å². The topological polar surface area (TPSA) is 71.1 Å². The molecule has 1 unspecified atom stereocenters. The smallest absolute Gasteiger partial charge is 0.262 e. The zero-order valence-corrected chi connectivity index (χ0v) is 16.5. The minimum absolute atomic E-state index is 0.0417. The zero-order valence-electron chi connectivity index (χ0n) is 14.9. The number of benzene rings is 1. The van der Waals surface area contributed by atoms with Crippen LogP contribution in [0.3, 0.4) is 0 Å². The van der Waals surface area contributed by atoms with Crippen LogP contribution in [-0.2, 0) is 11.2 Å². The van der Waals surface area contributed by atoms with Crippen LogP contribution in [0.2, 0.25) is 0 Å². The van der Waals surface area contributed by atoms with E-state index in [2.05, 4.69) is 28.6 Å². The van der Waals surface area contributed by atoms with Crippen molar-refractivity contribution in [3.8, 4) is 0 Å². The number of carbonyl (C=O) groups excluding carboxylic acids is 2. The quantitative estimate of drug-likeness (QED) is 0.662. The average Bonchev–Trinajstić information content (AvgIpc) is 3.27. The summed E-state index contributed by atoms with van der Waals surface area (Å²) in [5.41, 5.74) is 2.11. The number of hydrogen-bond donors (Lipinski definition) is 2. The van der Waals surface area contributed by atoms with Gasteiger partial charge in [0.15, 0.2) is 5.13 Å². The molecular weight excluding hydrogens is 366 g/mol. The van der Waals surface area contributed by atoms with Crippen LogP contribution in [0.15, 0.2) is 35.7 Å². The van der Waals surface area contributed by atoms with Crippen LogP contribution >= 0.6 is 22.7 Å². The Labute approximate surface area is 160 Å². The number of thiophene rings is 1. The van der Waals surface area contributed by atoms with Crippen LogP contribution in [0.4, 0.5) is 5.13 Å². The van der Waals surface area contributed by atoms with Crippen molar-refractivity contribution in [1.82, 2.24) is 10.3 Å². The van der Waals surface area contributed by atoms with E-state index in [4.69, 9.17) is 0 Å². The second-order valence-corrected chi connectivity index (χ2v) is 8.31. The Balaban J connectivity index is 1.74. The molecule has 0 aliphatic carbocycles. The van der Waals surface area contributed by atoms with E-state index in [0.717, 1.165) is 16.6 Å². The first-order chi connectivity index (χ1) is 12.5. The lowest BCUT2D eigenvalue weighted by molar-refractivity contribution is -0.118. The molecule has 1 atom stereocenters. The number of aryl methyl sites for hydroxylation is 1. The van der Waals surface area contributed by atoms with Crippen LogP contribution in [0.5, 0.6) is 0 Å². The third-order valence-corrected chi connectivity index (χ3v) is 5.87. The number of thiazole rings is 1. The standard InChI is InChI=1S/C19H21N3O2S2/c1-4-12-7-8-13-15(10-12)26-19(20-13)22-18(24)16(11(2)3)21-17(23)14-6-5-9-25-14/h5-11,16H,4H2,1-3H3,(H,21,23)(H,20,22,24). The maximum Gasteiger partial charge on any atom is 0.262 e. The number of anilines is 1. The van der Waals surface area contributed by atoms with Crippen molar-refractivity contribution < 1.29 is 9.59 Å². The Morgan fingerprint density at radius 1 is 1.23 bits per heavy atom. The molecule has 0 saturated carbocycles. The predicted molar refractivity (Wildman–Crippen MR) is 108 cm³/mol. The van der Waals surface area contributed by atoms with Crippen LogP contribution in [-0.4, -0.2) is 22.8 Å². The number of nitrogens with one attached hydrogen (secondary N) is 2. The molecule has 2 amide bonds. The van der Waals surface area contributed by atoms with Crippen molar-refractivity contribution in [1.29, 1.82) is 0 Å². The molecule has 0 spiro atoms. The molecule has 3 aromatic rings. The molecule has 26 heavy (non-hydrogen) atoms. The van der Waals surface area contributed by atoms with E-state index in [-0.39, 0.29) is 17.7 Å². The second kappa shape index (κ2) is 7.97. The third-order valence-electron chi connectivity index (χ3n) is 4.07. The zero-order chi connectivity index (χ0) is 18.7. The van der Waals surface area contributed by atoms with Crippen LogP contribution < -0.4 is 10.6 Å². The molecule has 5 nitrogen and oxygen atoms in total. The van der Waals surface area contributed by atoms with Gasteiger partial charge in [-0.15, -0.1) is 11.3 Å². The van der Waals surface area contributed by atoms with Gasteiger partial charge in [0.2, 0.25) is 5.91 Å². The van der Waals surface area contributed by atoms with E-state index < -0.39 is 6.04 Å². The van der Waals surface area contributed by atoms with Gasteiger partial charge in [-0.2, -0.15) is 0 Å². The van der Waals surface area contributed by atoms with Crippen molar-refractivity contribution in [3.63, 3.8) is 0 Å². The summed E-state index contributed by atoms with van der Waals surface area (Å²) in [6, 6.07) is 9.05. The van der Waals surface area contributed by atoms with Gasteiger partial charge < -0.3 is 10.6 Å². The monoisotopic (exact) mass is 387 g/mol. The van der Waals surface area contributed by atoms with Gasteiger partial charge in [-0.1, -0.05) is 44.2 Å². The number of carbonyl (C=O) groups is 2. The highest BCUT2D eigenvalue weighted by Crippen LogP contribution is 2.27. The van der Waals surface area contributed by atoms with Gasteiger partial charge in [0.25, 0.3) is 5.91 Å². The molecule has 136 valence electrons. The second-order valence-electron chi connectivity index (χ2n) is 6.34. The molecule has 0 radical (unpaired) electrons. The van der Waals surface area contributed by atoms with E-state index in [1.165, 1.54) is 28.2 Å². The molecule has 0 bridgehead atoms. The first-order valence-electron chi connectivity index (χ1n) is 8.52. The number of nitrogens with zero attached hydrogens (tertiary/aromatic N) is 1. The fraction of sp³-hybridized carbons (Fsp3) is 0.316. The molecule has 0 fully saturated rings. The molecule has 0 saturated heterocycles. The molecule has 3 rings (SSSR count). The molecule has 7 heteroatoms. The van der Waals surface area contributed by atoms with Gasteiger partial charge in [0.1, 0.15) is 6.04 Å². The summed E-state index contributed by atoms with van der Waals surface area (Å²) in [4.78, 5) is 30.1. The van der Waals surface area contributed by atoms with Crippen LogP contribution in [0.1, 0.15) is 36.0 Å². The summed E-state index contributed by atoms with van der Waals surface area (Å²) >= 11 is 2.80. The van der Waals surface area contributed by atoms with Crippen molar-refractivity contribution in [2.45, 2.75) is 33.2 Å². The highest BCUT2D eigenvalue weighted by molar-refractivity contribution is 7.22. The summed E-state index contributed by atoms with van der Waals surface area (Å²) in [6.07, 6.45) is 0.958. The summed E-state index contributed by atoms with van der Waals surface area (Å²) in [5, 5.41) is 8.07. The summed E-state index contributed by atoms with van der Waals surface area (Å²) in [5.74, 6) is -0.523. The number of hydrogen-bond acceptors (Lipinski definition) is 5. The molecule has 0 aliphatic heterocycles. The lowest BCUT2D eigenvalue weighted by Gasteiger charge is -2.20. The van der Waals surface area contributed by atoms with Crippen LogP contribution in [0, 0.1) is 5.92 Å². The van der Waals surface area contributed by atoms with Gasteiger partial charge in [-0.25, -0.2) is 4.98 Å². The lowest BCUT2D eigenvalue weighted by atomic mass is 10.0. The number of aromatic nitrogens is 1. The van der Waals surface area contributed by atoms with Gasteiger partial charge >= 0.3 is 0 Å². The fourth-order valence-electron chi connectivity index (χ4n) is 2.58. The highest BCUT2D eigenvalue weighted by atomic mass is 32.1. The molecule has 1 aromatic carbocycles. The molecular formula is C19H21N3O2S2. The summed E-state index contributed by atoms with van der Waals surface area (Å²) in [6.45, 7) is 5.92. The van der Waals surface area contributed by atoms with Gasteiger partial charge in [-0.3, -0.25) is 9.59 Å². The Morgan fingerprint density at radius 3 is 2.69 bits per heavy atom. The summed E-state index contributed by atoms with van der Waals surface area (Å²) in [7, 11) is 0. The predicted octanol–water partition coefficient (Wildman–Crippen LogP) is 4.31. The lowest BCUT2D eigenvalue weighted by Crippen LogP contribution is -2.46. The largest absolute Gasteiger partial charge is 0.339 e. The summed E-state index contributed by atoms with van der Waals surface area (Å²) < 4.78 is 1.04. The molecule has 0 aliphatic rings. The maximum absolute atomic E-state index is 12.7. The minimum Gasteiger partial charge on any atom is -0.339 e. The van der Waals surface area contributed by atoms with E-state index in [1.807, 2.05) is 37.4 Å². The van der Waals surface area contributed by atoms with Crippen molar-refractivity contribution in [3.05, 3.63) is 46.2 Å². The maximum atomic E-state index is 12.7. The normalized spacial score (nSPS) is 12.3. The van der Waals surface area contributed by atoms with E-state index in [1.54, 1.807) is 6.07 Å². The number of fused-ring (bicyclic) bond motifs is 1. The number of amides is 2. The minimum atomic E-state index is -0.622. The van der Waals surface area contributed by atoms with Crippen molar-refractivity contribution in [2.24, 2.45) is 5.92 Å². The molecule has 2 heterocycles. The van der Waals surface area contributed by atoms with Crippen molar-refractivity contribution >= 4 is 49.8 Å². The SMILES string of the molecule is CCc1ccc2nc(NC(=O)C(NC(=O)c3cccs3)C(C)C)sc2c1. The van der Waals surface area contributed by atoms with Crippen LogP contribution in [0.25, 0.3) is 10.2 Å². The Kier molecular flexibility index (Phi) is 5.68.